The summed E-state index contributed by atoms with van der Waals surface area (Å²) in [5, 5.41) is 10.5. The predicted molar refractivity (Wildman–Crippen MR) is 84.2 cm³/mol. The van der Waals surface area contributed by atoms with Crippen LogP contribution in [0.1, 0.15) is 28.5 Å². The minimum absolute atomic E-state index is 0.132. The molecule has 1 aliphatic rings. The van der Waals surface area contributed by atoms with E-state index in [-0.39, 0.29) is 5.91 Å². The SMILES string of the molecule is CCc1nn(C)cc1C(=O)Nc1ccc2c(c1)CNCCO2. The van der Waals surface area contributed by atoms with Crippen LogP contribution in [-0.4, -0.2) is 28.8 Å². The number of benzene rings is 1. The van der Waals surface area contributed by atoms with Gasteiger partial charge in [0.15, 0.2) is 0 Å². The van der Waals surface area contributed by atoms with Crippen molar-refractivity contribution in [2.24, 2.45) is 7.05 Å². The van der Waals surface area contributed by atoms with Gasteiger partial charge in [-0.15, -0.1) is 0 Å². The molecule has 1 aromatic carbocycles. The van der Waals surface area contributed by atoms with Crippen LogP contribution < -0.4 is 15.4 Å². The molecule has 0 bridgehead atoms. The molecule has 1 amide bonds. The first-order chi connectivity index (χ1) is 10.7. The molecule has 0 atom stereocenters. The number of hydrogen-bond acceptors (Lipinski definition) is 4. The Kier molecular flexibility index (Phi) is 4.11. The summed E-state index contributed by atoms with van der Waals surface area (Å²) < 4.78 is 7.31. The molecule has 0 saturated heterocycles. The molecule has 6 nitrogen and oxygen atoms in total. The maximum Gasteiger partial charge on any atom is 0.259 e. The zero-order valence-electron chi connectivity index (χ0n) is 12.8. The average Bonchev–Trinajstić information content (AvgIpc) is 2.74. The minimum atomic E-state index is -0.132. The number of amides is 1. The Morgan fingerprint density at radius 2 is 2.36 bits per heavy atom. The van der Waals surface area contributed by atoms with Gasteiger partial charge in [0.25, 0.3) is 5.91 Å². The maximum absolute atomic E-state index is 12.4. The normalized spacial score (nSPS) is 13.9. The molecular weight excluding hydrogens is 280 g/mol. The van der Waals surface area contributed by atoms with Gasteiger partial charge in [-0.25, -0.2) is 0 Å². The monoisotopic (exact) mass is 300 g/mol. The van der Waals surface area contributed by atoms with Crippen molar-refractivity contribution in [3.63, 3.8) is 0 Å². The standard InChI is InChI=1S/C16H20N4O2/c1-3-14-13(10-20(2)19-14)16(21)18-12-4-5-15-11(8-12)9-17-6-7-22-15/h4-5,8,10,17H,3,6-7,9H2,1-2H3,(H,18,21). The highest BCUT2D eigenvalue weighted by molar-refractivity contribution is 6.05. The van der Waals surface area contributed by atoms with Crippen LogP contribution in [0.3, 0.4) is 0 Å². The highest BCUT2D eigenvalue weighted by atomic mass is 16.5. The van der Waals surface area contributed by atoms with Gasteiger partial charge in [-0.3, -0.25) is 9.48 Å². The zero-order valence-corrected chi connectivity index (χ0v) is 12.8. The van der Waals surface area contributed by atoms with Crippen molar-refractivity contribution in [1.82, 2.24) is 15.1 Å². The van der Waals surface area contributed by atoms with Crippen molar-refractivity contribution < 1.29 is 9.53 Å². The second-order valence-electron chi connectivity index (χ2n) is 5.32. The van der Waals surface area contributed by atoms with E-state index in [1.807, 2.05) is 32.2 Å². The van der Waals surface area contributed by atoms with Crippen molar-refractivity contribution >= 4 is 11.6 Å². The highest BCUT2D eigenvalue weighted by Gasteiger charge is 2.15. The number of carbonyl (C=O) groups is 1. The summed E-state index contributed by atoms with van der Waals surface area (Å²) in [5.41, 5.74) is 3.24. The smallest absolute Gasteiger partial charge is 0.259 e. The lowest BCUT2D eigenvalue weighted by molar-refractivity contribution is 0.102. The summed E-state index contributed by atoms with van der Waals surface area (Å²) in [5.74, 6) is 0.742. The van der Waals surface area contributed by atoms with Crippen LogP contribution in [0.2, 0.25) is 0 Å². The van der Waals surface area contributed by atoms with Crippen LogP contribution in [0.5, 0.6) is 5.75 Å². The van der Waals surface area contributed by atoms with E-state index in [0.717, 1.165) is 42.2 Å². The number of aromatic nitrogens is 2. The number of ether oxygens (including phenoxy) is 1. The van der Waals surface area contributed by atoms with E-state index < -0.39 is 0 Å². The summed E-state index contributed by atoms with van der Waals surface area (Å²) in [6.07, 6.45) is 2.48. The molecule has 22 heavy (non-hydrogen) atoms. The number of fused-ring (bicyclic) bond motifs is 1. The lowest BCUT2D eigenvalue weighted by atomic mass is 10.1. The van der Waals surface area contributed by atoms with E-state index in [1.54, 1.807) is 10.9 Å². The molecule has 2 heterocycles. The van der Waals surface area contributed by atoms with Crippen molar-refractivity contribution in [1.29, 1.82) is 0 Å². The Morgan fingerprint density at radius 3 is 3.18 bits per heavy atom. The van der Waals surface area contributed by atoms with Gasteiger partial charge in [0.1, 0.15) is 12.4 Å². The van der Waals surface area contributed by atoms with Crippen molar-refractivity contribution in [3.8, 4) is 5.75 Å². The fourth-order valence-electron chi connectivity index (χ4n) is 2.58. The summed E-state index contributed by atoms with van der Waals surface area (Å²) in [6, 6.07) is 5.72. The van der Waals surface area contributed by atoms with Gasteiger partial charge in [-0.05, 0) is 24.6 Å². The molecule has 0 spiro atoms. The summed E-state index contributed by atoms with van der Waals surface area (Å²) in [6.45, 7) is 4.22. The van der Waals surface area contributed by atoms with Crippen molar-refractivity contribution in [2.75, 3.05) is 18.5 Å². The fourth-order valence-corrected chi connectivity index (χ4v) is 2.58. The Bertz CT molecular complexity index is 693. The molecule has 0 fully saturated rings. The summed E-state index contributed by atoms with van der Waals surface area (Å²) in [7, 11) is 1.82. The Labute approximate surface area is 129 Å². The number of rotatable bonds is 3. The van der Waals surface area contributed by atoms with E-state index in [1.165, 1.54) is 0 Å². The number of hydrogen-bond donors (Lipinski definition) is 2. The van der Waals surface area contributed by atoms with Gasteiger partial charge >= 0.3 is 0 Å². The van der Waals surface area contributed by atoms with Crippen LogP contribution in [0, 0.1) is 0 Å². The Balaban J connectivity index is 1.80. The number of nitrogens with one attached hydrogen (secondary N) is 2. The predicted octanol–water partition coefficient (Wildman–Crippen LogP) is 1.72. The summed E-state index contributed by atoms with van der Waals surface area (Å²) in [4.78, 5) is 12.4. The van der Waals surface area contributed by atoms with Crippen LogP contribution in [-0.2, 0) is 20.0 Å². The van der Waals surface area contributed by atoms with Crippen LogP contribution >= 0.6 is 0 Å². The molecule has 116 valence electrons. The quantitative estimate of drug-likeness (QED) is 0.905. The minimum Gasteiger partial charge on any atom is -0.492 e. The van der Waals surface area contributed by atoms with Gasteiger partial charge in [-0.1, -0.05) is 6.92 Å². The number of aryl methyl sites for hydroxylation is 2. The number of nitrogens with zero attached hydrogens (tertiary/aromatic N) is 2. The largest absolute Gasteiger partial charge is 0.492 e. The molecule has 1 aromatic heterocycles. The first-order valence-electron chi connectivity index (χ1n) is 7.47. The molecule has 0 unspecified atom stereocenters. The molecule has 6 heteroatoms. The van der Waals surface area contributed by atoms with E-state index in [2.05, 4.69) is 15.7 Å². The maximum atomic E-state index is 12.4. The molecule has 3 rings (SSSR count). The van der Waals surface area contributed by atoms with Crippen LogP contribution in [0.25, 0.3) is 0 Å². The fraction of sp³-hybridized carbons (Fsp3) is 0.375. The second kappa shape index (κ2) is 6.19. The zero-order chi connectivity index (χ0) is 15.5. The molecule has 2 N–H and O–H groups in total. The Morgan fingerprint density at radius 1 is 1.50 bits per heavy atom. The lowest BCUT2D eigenvalue weighted by Gasteiger charge is -2.10. The van der Waals surface area contributed by atoms with E-state index >= 15 is 0 Å². The van der Waals surface area contributed by atoms with Crippen molar-refractivity contribution in [2.45, 2.75) is 19.9 Å². The first kappa shape index (κ1) is 14.6. The molecule has 0 saturated carbocycles. The molecule has 0 radical (unpaired) electrons. The molecule has 2 aromatic rings. The summed E-state index contributed by atoms with van der Waals surface area (Å²) >= 11 is 0. The third kappa shape index (κ3) is 2.96. The second-order valence-corrected chi connectivity index (χ2v) is 5.32. The van der Waals surface area contributed by atoms with Crippen molar-refractivity contribution in [3.05, 3.63) is 41.2 Å². The van der Waals surface area contributed by atoms with E-state index in [0.29, 0.717) is 12.2 Å². The molecule has 1 aliphatic heterocycles. The highest BCUT2D eigenvalue weighted by Crippen LogP contribution is 2.24. The average molecular weight is 300 g/mol. The van der Waals surface area contributed by atoms with E-state index in [4.69, 9.17) is 4.74 Å². The first-order valence-corrected chi connectivity index (χ1v) is 7.47. The van der Waals surface area contributed by atoms with Gasteiger partial charge in [0.05, 0.1) is 11.3 Å². The molecule has 0 aliphatic carbocycles. The number of carbonyl (C=O) groups excluding carboxylic acids is 1. The topological polar surface area (TPSA) is 68.2 Å². The van der Waals surface area contributed by atoms with Crippen LogP contribution in [0.4, 0.5) is 5.69 Å². The Hall–Kier alpha value is -2.34. The van der Waals surface area contributed by atoms with Gasteiger partial charge in [0, 0.05) is 37.6 Å². The van der Waals surface area contributed by atoms with Gasteiger partial charge in [0.2, 0.25) is 0 Å². The third-order valence-corrected chi connectivity index (χ3v) is 3.66. The van der Waals surface area contributed by atoms with E-state index in [9.17, 15) is 4.79 Å². The molecular formula is C16H20N4O2. The lowest BCUT2D eigenvalue weighted by Crippen LogP contribution is -2.16. The van der Waals surface area contributed by atoms with Crippen LogP contribution in [0.15, 0.2) is 24.4 Å². The van der Waals surface area contributed by atoms with Gasteiger partial charge in [-0.2, -0.15) is 5.10 Å². The third-order valence-electron chi connectivity index (χ3n) is 3.66. The number of anilines is 1. The van der Waals surface area contributed by atoms with Gasteiger partial charge < -0.3 is 15.4 Å².